The van der Waals surface area contributed by atoms with E-state index in [1.165, 1.54) is 29.8 Å². The molecule has 0 aliphatic carbocycles. The number of carbonyl (C=O) groups excluding carboxylic acids is 4. The maximum atomic E-state index is 12.8. The van der Waals surface area contributed by atoms with Crippen LogP contribution < -0.4 is 9.80 Å². The van der Waals surface area contributed by atoms with Crippen LogP contribution in [0.3, 0.4) is 0 Å². The first-order valence-electron chi connectivity index (χ1n) is 7.96. The van der Waals surface area contributed by atoms with Gasteiger partial charge in [0.05, 0.1) is 11.4 Å². The van der Waals surface area contributed by atoms with Gasteiger partial charge in [-0.25, -0.2) is 0 Å². The molecule has 130 valence electrons. The number of Topliss-reactive ketones (excluding diaryl/α,β-unsaturated/α-hetero) is 1. The van der Waals surface area contributed by atoms with Crippen molar-refractivity contribution in [3.63, 3.8) is 0 Å². The van der Waals surface area contributed by atoms with E-state index in [0.29, 0.717) is 28.8 Å². The van der Waals surface area contributed by atoms with Crippen LogP contribution in [0.5, 0.6) is 0 Å². The van der Waals surface area contributed by atoms with E-state index in [-0.39, 0.29) is 23.3 Å². The summed E-state index contributed by atoms with van der Waals surface area (Å²) in [5, 5.41) is 0. The Kier molecular flexibility index (Phi) is 4.49. The van der Waals surface area contributed by atoms with E-state index in [4.69, 9.17) is 0 Å². The van der Waals surface area contributed by atoms with Gasteiger partial charge in [-0.1, -0.05) is 24.3 Å². The van der Waals surface area contributed by atoms with Gasteiger partial charge >= 0.3 is 0 Å². The lowest BCUT2D eigenvalue weighted by Crippen LogP contribution is -2.31. The molecule has 3 rings (SSSR count). The zero-order valence-electron chi connectivity index (χ0n) is 14.3. The van der Waals surface area contributed by atoms with Crippen LogP contribution in [0.25, 0.3) is 0 Å². The molecule has 0 radical (unpaired) electrons. The third-order valence-electron chi connectivity index (χ3n) is 4.09. The monoisotopic (exact) mass is 348 g/mol. The standard InChI is InChI=1S/C20H16N2O4/c1-13(24)21(17-9-5-3-7-15(17)12-23)11-19-20(26)16-8-4-6-10-18(16)22(19)14(2)25/h3-12H,1-2H3/b19-11+. The van der Waals surface area contributed by atoms with Crippen LogP contribution in [0, 0.1) is 0 Å². The van der Waals surface area contributed by atoms with Gasteiger partial charge in [0.2, 0.25) is 17.6 Å². The second kappa shape index (κ2) is 6.76. The molecule has 2 amide bonds. The second-order valence-electron chi connectivity index (χ2n) is 5.78. The van der Waals surface area contributed by atoms with Crippen molar-refractivity contribution in [1.82, 2.24) is 0 Å². The smallest absolute Gasteiger partial charge is 0.228 e. The largest absolute Gasteiger partial charge is 0.298 e. The van der Waals surface area contributed by atoms with Crippen molar-refractivity contribution in [2.24, 2.45) is 0 Å². The molecule has 0 atom stereocenters. The Hall–Kier alpha value is -3.54. The Bertz CT molecular complexity index is 962. The van der Waals surface area contributed by atoms with Crippen molar-refractivity contribution >= 4 is 35.3 Å². The van der Waals surface area contributed by atoms with Crippen molar-refractivity contribution < 1.29 is 19.2 Å². The summed E-state index contributed by atoms with van der Waals surface area (Å²) in [5.41, 5.74) is 1.57. The molecule has 0 saturated heterocycles. The molecule has 0 bridgehead atoms. The Labute approximate surface area is 150 Å². The maximum Gasteiger partial charge on any atom is 0.228 e. The Morgan fingerprint density at radius 3 is 2.31 bits per heavy atom. The van der Waals surface area contributed by atoms with Crippen LogP contribution in [-0.4, -0.2) is 23.9 Å². The zero-order chi connectivity index (χ0) is 18.8. The Balaban J connectivity index is 2.17. The fraction of sp³-hybridized carbons (Fsp3) is 0.100. The predicted molar refractivity (Wildman–Crippen MR) is 97.0 cm³/mol. The van der Waals surface area contributed by atoms with Gasteiger partial charge in [0.15, 0.2) is 6.29 Å². The molecule has 1 aliphatic rings. The summed E-state index contributed by atoms with van der Waals surface area (Å²) in [6.07, 6.45) is 1.95. The molecule has 0 N–H and O–H groups in total. The summed E-state index contributed by atoms with van der Waals surface area (Å²) in [4.78, 5) is 50.9. The lowest BCUT2D eigenvalue weighted by Gasteiger charge is -2.22. The molecule has 0 unspecified atom stereocenters. The fourth-order valence-electron chi connectivity index (χ4n) is 2.94. The molecule has 0 fully saturated rings. The Morgan fingerprint density at radius 1 is 1.00 bits per heavy atom. The minimum Gasteiger partial charge on any atom is -0.298 e. The van der Waals surface area contributed by atoms with E-state index in [1.54, 1.807) is 48.5 Å². The lowest BCUT2D eigenvalue weighted by molar-refractivity contribution is -0.117. The topological polar surface area (TPSA) is 74.8 Å². The van der Waals surface area contributed by atoms with Gasteiger partial charge in [-0.3, -0.25) is 29.0 Å². The van der Waals surface area contributed by atoms with Crippen molar-refractivity contribution in [3.05, 3.63) is 71.6 Å². The molecule has 1 heterocycles. The molecule has 0 spiro atoms. The highest BCUT2D eigenvalue weighted by Crippen LogP contribution is 2.35. The minimum absolute atomic E-state index is 0.0644. The van der Waals surface area contributed by atoms with E-state index in [1.807, 2.05) is 0 Å². The molecule has 0 saturated carbocycles. The van der Waals surface area contributed by atoms with Gasteiger partial charge in [-0.2, -0.15) is 0 Å². The molecule has 0 aromatic heterocycles. The van der Waals surface area contributed by atoms with E-state index < -0.39 is 0 Å². The van der Waals surface area contributed by atoms with Gasteiger partial charge in [-0.05, 0) is 24.3 Å². The van der Waals surface area contributed by atoms with E-state index >= 15 is 0 Å². The zero-order valence-corrected chi connectivity index (χ0v) is 14.3. The number of para-hydroxylation sites is 2. The van der Waals surface area contributed by atoms with Crippen molar-refractivity contribution in [2.45, 2.75) is 13.8 Å². The summed E-state index contributed by atoms with van der Waals surface area (Å²) in [6.45, 7) is 2.67. The number of fused-ring (bicyclic) bond motifs is 1. The Morgan fingerprint density at radius 2 is 1.65 bits per heavy atom. The average molecular weight is 348 g/mol. The van der Waals surface area contributed by atoms with Gasteiger partial charge in [0.25, 0.3) is 0 Å². The van der Waals surface area contributed by atoms with E-state index in [2.05, 4.69) is 0 Å². The number of hydrogen-bond donors (Lipinski definition) is 0. The maximum absolute atomic E-state index is 12.8. The number of allylic oxidation sites excluding steroid dienone is 1. The number of anilines is 2. The molecule has 6 heteroatoms. The summed E-state index contributed by atoms with van der Waals surface area (Å²) in [5.74, 6) is -1.09. The number of aldehydes is 1. The number of rotatable bonds is 3. The van der Waals surface area contributed by atoms with Gasteiger partial charge in [0.1, 0.15) is 5.70 Å². The lowest BCUT2D eigenvalue weighted by atomic mass is 10.1. The normalized spacial score (nSPS) is 14.3. The van der Waals surface area contributed by atoms with Crippen molar-refractivity contribution in [1.29, 1.82) is 0 Å². The van der Waals surface area contributed by atoms with Crippen LogP contribution in [0.15, 0.2) is 60.4 Å². The second-order valence-corrected chi connectivity index (χ2v) is 5.78. The highest BCUT2D eigenvalue weighted by molar-refractivity contribution is 6.25. The number of carbonyl (C=O) groups is 4. The summed E-state index contributed by atoms with van der Waals surface area (Å²) in [6, 6.07) is 13.3. The number of amides is 2. The van der Waals surface area contributed by atoms with Gasteiger partial charge in [-0.15, -0.1) is 0 Å². The first-order valence-corrected chi connectivity index (χ1v) is 7.96. The quantitative estimate of drug-likeness (QED) is 0.631. The molecule has 2 aromatic rings. The third kappa shape index (κ3) is 2.82. The van der Waals surface area contributed by atoms with Crippen LogP contribution >= 0.6 is 0 Å². The first-order chi connectivity index (χ1) is 12.5. The molecular formula is C20H16N2O4. The molecular weight excluding hydrogens is 332 g/mol. The van der Waals surface area contributed by atoms with Crippen LogP contribution in [-0.2, 0) is 9.59 Å². The molecule has 1 aliphatic heterocycles. The molecule has 26 heavy (non-hydrogen) atoms. The summed E-state index contributed by atoms with van der Waals surface area (Å²) >= 11 is 0. The number of hydrogen-bond acceptors (Lipinski definition) is 4. The van der Waals surface area contributed by atoms with E-state index in [0.717, 1.165) is 0 Å². The van der Waals surface area contributed by atoms with Crippen LogP contribution in [0.2, 0.25) is 0 Å². The summed E-state index contributed by atoms with van der Waals surface area (Å²) in [7, 11) is 0. The van der Waals surface area contributed by atoms with Crippen LogP contribution in [0.1, 0.15) is 34.6 Å². The summed E-state index contributed by atoms with van der Waals surface area (Å²) < 4.78 is 0. The van der Waals surface area contributed by atoms with Crippen molar-refractivity contribution in [3.8, 4) is 0 Å². The van der Waals surface area contributed by atoms with Crippen molar-refractivity contribution in [2.75, 3.05) is 9.80 Å². The average Bonchev–Trinajstić information content (AvgIpc) is 2.92. The predicted octanol–water partition coefficient (Wildman–Crippen LogP) is 2.94. The fourth-order valence-corrected chi connectivity index (χ4v) is 2.94. The number of benzene rings is 2. The van der Waals surface area contributed by atoms with Gasteiger partial charge < -0.3 is 0 Å². The van der Waals surface area contributed by atoms with Crippen LogP contribution in [0.4, 0.5) is 11.4 Å². The minimum atomic E-state index is -0.390. The number of ketones is 1. The highest BCUT2D eigenvalue weighted by Gasteiger charge is 2.35. The highest BCUT2D eigenvalue weighted by atomic mass is 16.2. The number of nitrogens with zero attached hydrogens (tertiary/aromatic N) is 2. The van der Waals surface area contributed by atoms with E-state index in [9.17, 15) is 19.2 Å². The molecule has 2 aromatic carbocycles. The SMILES string of the molecule is CC(=O)N(/C=C1\C(=O)c2ccccc2N1C(C)=O)c1ccccc1C=O. The first kappa shape index (κ1) is 17.3. The van der Waals surface area contributed by atoms with Gasteiger partial charge in [0, 0.05) is 31.2 Å². The third-order valence-corrected chi connectivity index (χ3v) is 4.09. The molecule has 6 nitrogen and oxygen atoms in total.